The summed E-state index contributed by atoms with van der Waals surface area (Å²) in [5, 5.41) is 25.8. The first-order valence-corrected chi connectivity index (χ1v) is 31.5. The molecular weight excluding hydrogens is 1220 g/mol. The molecule has 23 nitrogen and oxygen atoms in total. The third-order valence-corrected chi connectivity index (χ3v) is 16.7. The molecule has 4 atom stereocenters. The van der Waals surface area contributed by atoms with E-state index in [-0.39, 0.29) is 74.5 Å². The van der Waals surface area contributed by atoms with Crippen molar-refractivity contribution in [3.05, 3.63) is 78.9 Å². The smallest absolute Gasteiger partial charge is 0.507 e. The van der Waals surface area contributed by atoms with Crippen LogP contribution in [0.25, 0.3) is 0 Å². The fraction of sp³-hybridized carbons (Fsp3) is 0.596. The van der Waals surface area contributed by atoms with Gasteiger partial charge in [0.15, 0.2) is 19.0 Å². The molecule has 2 aliphatic heterocycles. The molecule has 0 bridgehead atoms. The first kappa shape index (κ1) is 79.8. The van der Waals surface area contributed by atoms with Crippen molar-refractivity contribution < 1.29 is 117 Å². The van der Waals surface area contributed by atoms with Crippen LogP contribution >= 0.6 is 15.0 Å². The number of esters is 4. The molecule has 2 unspecified atom stereocenters. The van der Waals surface area contributed by atoms with E-state index in [4.69, 9.17) is 43.8 Å². The number of carbonyl (C=O) groups is 7. The van der Waals surface area contributed by atoms with Gasteiger partial charge in [-0.1, -0.05) is 31.6 Å². The lowest BCUT2D eigenvalue weighted by Crippen LogP contribution is -2.36. The number of nitrogens with two attached hydrogens (primary N) is 1. The van der Waals surface area contributed by atoms with Crippen molar-refractivity contribution >= 4 is 57.3 Å². The number of aldehydes is 1. The second-order valence-corrected chi connectivity index (χ2v) is 25.4. The number of carboxylic acid groups (broad SMARTS) is 1. The van der Waals surface area contributed by atoms with Gasteiger partial charge in [0.1, 0.15) is 54.1 Å². The Morgan fingerprint density at radius 2 is 1.15 bits per heavy atom. The van der Waals surface area contributed by atoms with Crippen LogP contribution in [0.4, 0.5) is 31.1 Å². The minimum atomic E-state index is -4.69. The Bertz CT molecular complexity index is 2920. The Morgan fingerprint density at radius 3 is 1.57 bits per heavy atom. The normalized spacial score (nSPS) is 15.1. The minimum absolute atomic E-state index is 0.0398. The monoisotopic (exact) mass is 1300 g/mol. The highest BCUT2D eigenvalue weighted by Gasteiger charge is 2.38. The summed E-state index contributed by atoms with van der Waals surface area (Å²) in [5.41, 5.74) is 12.9. The summed E-state index contributed by atoms with van der Waals surface area (Å²) in [6, 6.07) is -2.17. The largest absolute Gasteiger partial charge is 0.514 e. The molecule has 498 valence electrons. The minimum Gasteiger partial charge on any atom is -0.507 e. The highest BCUT2D eigenvalue weighted by molar-refractivity contribution is 7.57. The summed E-state index contributed by atoms with van der Waals surface area (Å²) >= 11 is 0. The quantitative estimate of drug-likeness (QED) is 0.00557. The molecule has 2 aromatic rings. The third kappa shape index (κ3) is 27.3. The van der Waals surface area contributed by atoms with Gasteiger partial charge in [-0.3, -0.25) is 28.3 Å². The summed E-state index contributed by atoms with van der Waals surface area (Å²) in [7, 11) is -7.88. The van der Waals surface area contributed by atoms with Crippen LogP contribution in [0.15, 0.2) is 23.3 Å². The molecular formula is C57H84F6N4O19P2. The molecule has 31 heteroatoms. The molecule has 2 aromatic carbocycles. The fourth-order valence-corrected chi connectivity index (χ4v) is 11.9. The van der Waals surface area contributed by atoms with E-state index < -0.39 is 94.3 Å². The number of aliphatic carboxylic acids is 1. The lowest BCUT2D eigenvalue weighted by atomic mass is 9.89. The standard InChI is InChI=1S/C25H36F3N2O7P.C21H26O6.C9H18F3N2O4P.C2H4O2/c1-6-18-16(4)20-13-36-24(33)21(20)22(31)19(18)9-8-15(3)12-29-10-11-38(34,37-14-25(26,27)28)30-17(5)23(32)35-7-2;1-7-14-13(3)16-11-25-19(23)17(16)18(15(14)9-8-12(2)10-22)26-20(24)27-21(4,5)6;1-3-17-8(15)7(2)14-19(16,5-4-13)18-6-9(10,11)12;1-2(3)4/h8,17,29,31H,6-7,9-14H2,1-5H3,(H,30,34);8,10H,7,9,11H2,1-6H3;7H,3-6,13H2,1-2H3,(H,14,16);1H3,(H,3,4)/b15-8+;12-8+;;/t17-,38?;;7-,19?;/m0.0./s1. The van der Waals surface area contributed by atoms with Gasteiger partial charge in [-0.25, -0.2) is 24.6 Å². The molecule has 2 aliphatic rings. The SMILES string of the molecule is CC(=O)O.CCOC(=O)[C@H](C)NP(=O)(CCN)OCC(F)(F)F.CCOC(=O)[C@H](C)NP(=O)(CCNC/C(C)=C/Cc1c(O)c2c(c(C)c1CC)COC2=O)OCC(F)(F)F.CCc1c(C)c2c(c(OC(=O)OC(C)(C)C)c1C/C=C(\C)C=O)C(=O)OC2. The lowest BCUT2D eigenvalue weighted by molar-refractivity contribution is -0.154. The maximum absolute atomic E-state index is 13.0. The Kier molecular flexibility index (Phi) is 33.1. The number of rotatable bonds is 27. The molecule has 0 fully saturated rings. The van der Waals surface area contributed by atoms with Crippen LogP contribution < -0.4 is 26.0 Å². The number of halogens is 6. The highest BCUT2D eigenvalue weighted by atomic mass is 31.2. The van der Waals surface area contributed by atoms with Gasteiger partial charge >= 0.3 is 42.4 Å². The zero-order chi connectivity index (χ0) is 67.7. The van der Waals surface area contributed by atoms with Gasteiger partial charge in [-0.05, 0) is 130 Å². The van der Waals surface area contributed by atoms with Crippen molar-refractivity contribution in [2.45, 2.75) is 166 Å². The zero-order valence-corrected chi connectivity index (χ0v) is 53.9. The Hall–Kier alpha value is -6.19. The number of aromatic hydroxyl groups is 1. The molecule has 0 aliphatic carbocycles. The van der Waals surface area contributed by atoms with Crippen molar-refractivity contribution in [3.8, 4) is 11.5 Å². The molecule has 0 amide bonds. The van der Waals surface area contributed by atoms with Crippen LogP contribution in [0, 0.1) is 13.8 Å². The molecule has 0 saturated carbocycles. The number of hydrogen-bond donors (Lipinski definition) is 6. The number of nitrogens with one attached hydrogen (secondary N) is 3. The zero-order valence-electron chi connectivity index (χ0n) is 52.1. The average Bonchev–Trinajstić information content (AvgIpc) is 3.14. The number of fused-ring (bicyclic) bond motifs is 2. The van der Waals surface area contributed by atoms with Crippen LogP contribution in [-0.4, -0.2) is 141 Å². The number of carbonyl (C=O) groups excluding carboxylic acids is 6. The Morgan fingerprint density at radius 1 is 0.716 bits per heavy atom. The number of phenolic OH excluding ortho intramolecular Hbond substituents is 1. The van der Waals surface area contributed by atoms with E-state index in [0.717, 1.165) is 46.6 Å². The van der Waals surface area contributed by atoms with Crippen molar-refractivity contribution in [3.63, 3.8) is 0 Å². The maximum atomic E-state index is 13.0. The van der Waals surface area contributed by atoms with Gasteiger partial charge in [0.05, 0.1) is 25.5 Å². The lowest BCUT2D eigenvalue weighted by Gasteiger charge is -2.23. The molecule has 88 heavy (non-hydrogen) atoms. The molecule has 2 heterocycles. The predicted octanol–water partition coefficient (Wildman–Crippen LogP) is 9.90. The summed E-state index contributed by atoms with van der Waals surface area (Å²) in [5.74, 6) is -3.29. The fourth-order valence-electron chi connectivity index (χ4n) is 8.39. The van der Waals surface area contributed by atoms with E-state index in [1.165, 1.54) is 13.8 Å². The van der Waals surface area contributed by atoms with Crippen molar-refractivity contribution in [1.82, 2.24) is 15.5 Å². The van der Waals surface area contributed by atoms with Crippen LogP contribution in [0.5, 0.6) is 11.5 Å². The highest BCUT2D eigenvalue weighted by Crippen LogP contribution is 2.46. The third-order valence-electron chi connectivity index (χ3n) is 12.4. The van der Waals surface area contributed by atoms with Crippen LogP contribution in [0.2, 0.25) is 0 Å². The maximum Gasteiger partial charge on any atom is 0.514 e. The van der Waals surface area contributed by atoms with Crippen molar-refractivity contribution in [1.29, 1.82) is 0 Å². The van der Waals surface area contributed by atoms with Gasteiger partial charge in [0, 0.05) is 48.8 Å². The van der Waals surface area contributed by atoms with Crippen molar-refractivity contribution in [2.75, 3.05) is 58.4 Å². The number of alkyl halides is 6. The van der Waals surface area contributed by atoms with E-state index in [2.05, 4.69) is 24.8 Å². The number of ether oxygens (including phenoxy) is 6. The molecule has 0 aromatic heterocycles. The van der Waals surface area contributed by atoms with E-state index in [9.17, 15) is 69.3 Å². The number of benzene rings is 2. The molecule has 4 rings (SSSR count). The summed E-state index contributed by atoms with van der Waals surface area (Å²) < 4.78 is 139. The summed E-state index contributed by atoms with van der Waals surface area (Å²) in [4.78, 5) is 79.8. The van der Waals surface area contributed by atoms with E-state index >= 15 is 0 Å². The van der Waals surface area contributed by atoms with E-state index in [0.29, 0.717) is 54.5 Å². The molecule has 7 N–H and O–H groups in total. The van der Waals surface area contributed by atoms with Crippen LogP contribution in [-0.2, 0) is 99.9 Å². The first-order chi connectivity index (χ1) is 40.7. The number of hydrogen-bond acceptors (Lipinski definition) is 20. The summed E-state index contributed by atoms with van der Waals surface area (Å²) in [6.45, 7) is 20.7. The first-order valence-electron chi connectivity index (χ1n) is 27.8. The average molecular weight is 1310 g/mol. The Labute approximate surface area is 508 Å². The van der Waals surface area contributed by atoms with Gasteiger partial charge < -0.3 is 58.7 Å². The molecule has 0 radical (unpaired) electrons. The summed E-state index contributed by atoms with van der Waals surface area (Å²) in [6.07, 6.45) is -4.37. The second-order valence-electron chi connectivity index (χ2n) is 20.8. The number of allylic oxidation sites excluding steroid dienone is 3. The van der Waals surface area contributed by atoms with Gasteiger partial charge in [0.2, 0.25) is 0 Å². The number of phenols is 1. The van der Waals surface area contributed by atoms with E-state index in [1.807, 2.05) is 40.7 Å². The number of cyclic esters (lactones) is 2. The predicted molar refractivity (Wildman–Crippen MR) is 312 cm³/mol. The molecule has 0 saturated heterocycles. The van der Waals surface area contributed by atoms with Gasteiger partial charge in [-0.15, -0.1) is 0 Å². The van der Waals surface area contributed by atoms with Gasteiger partial charge in [0.25, 0.3) is 21.0 Å². The topological polar surface area (TPSA) is 330 Å². The molecule has 0 spiro atoms. The van der Waals surface area contributed by atoms with Gasteiger partial charge in [-0.2, -0.15) is 26.3 Å². The van der Waals surface area contributed by atoms with Crippen LogP contribution in [0.1, 0.15) is 148 Å². The Balaban J connectivity index is 0.000000676. The van der Waals surface area contributed by atoms with Crippen molar-refractivity contribution in [2.24, 2.45) is 5.73 Å². The number of carboxylic acids is 1. The van der Waals surface area contributed by atoms with E-state index in [1.54, 1.807) is 47.6 Å². The van der Waals surface area contributed by atoms with Crippen LogP contribution in [0.3, 0.4) is 0 Å². The second kappa shape index (κ2) is 36.5.